The number of rotatable bonds is 12. The molecule has 12 nitrogen and oxygen atoms in total. The first kappa shape index (κ1) is 61.3. The standard InChI is InChI=1S/C16H24O2.C14H20O3.C12H20O2.C11H11NS2.C8H10O4/c1-4-16(18-15(17)10(2)3)13-6-11-5-12(8-13)9-14(16)7-11;1-9(2)12(15)17-14-6-10-3-11(7-14)5-13(16,4-10)8-14;1-4-12(8-6-5-7-9-12)14-11(13)10(2)3;1-11(2,12-3)10(13)14-9-7-5-4-6-8-9;1-5(2)7(9)12-6-3-4-11-8(6)10/h11-14H,2,4-9H2,1,3H3;10-11,16H,1,3-8H2,2H3;2,4-9H2,1,3H3;4-8H,1-2H3;6H,1,3-4H2,2H3. The Morgan fingerprint density at radius 2 is 1.23 bits per heavy atom. The van der Waals surface area contributed by atoms with Crippen LogP contribution < -0.4 is 0 Å². The van der Waals surface area contributed by atoms with Crippen molar-refractivity contribution < 1.29 is 52.8 Å². The van der Waals surface area contributed by atoms with E-state index in [9.17, 15) is 29.1 Å². The van der Waals surface area contributed by atoms with E-state index in [1.54, 1.807) is 20.8 Å². The summed E-state index contributed by atoms with van der Waals surface area (Å²) >= 11 is 6.71. The fourth-order valence-electron chi connectivity index (χ4n) is 13.2. The van der Waals surface area contributed by atoms with Crippen LogP contribution >= 0.6 is 24.0 Å². The number of nitrogens with zero attached hydrogens (tertiary/aromatic N) is 1. The summed E-state index contributed by atoms with van der Waals surface area (Å²) in [6, 6.07) is 9.90. The van der Waals surface area contributed by atoms with Crippen LogP contribution in [0.4, 0.5) is 0 Å². The van der Waals surface area contributed by atoms with Crippen LogP contribution in [0.25, 0.3) is 4.85 Å². The minimum atomic E-state index is -0.728. The number of carbonyl (C=O) groups excluding carboxylic acids is 5. The molecule has 9 aliphatic carbocycles. The number of esters is 5. The summed E-state index contributed by atoms with van der Waals surface area (Å²) < 4.78 is 27.3. The summed E-state index contributed by atoms with van der Waals surface area (Å²) in [5, 5.41) is 10.5. The molecule has 3 atom stereocenters. The number of hydrogen-bond acceptors (Lipinski definition) is 13. The zero-order chi connectivity index (χ0) is 55.5. The Morgan fingerprint density at radius 3 is 1.67 bits per heavy atom. The molecule has 0 spiro atoms. The number of thioether (sulfide) groups is 1. The van der Waals surface area contributed by atoms with Crippen LogP contribution in [0.5, 0.6) is 0 Å². The molecule has 11 rings (SSSR count). The largest absolute Gasteiger partial charge is 0.463 e. The van der Waals surface area contributed by atoms with E-state index in [1.165, 1.54) is 76.5 Å². The van der Waals surface area contributed by atoms with E-state index in [1.807, 2.05) is 44.2 Å². The maximum absolute atomic E-state index is 12.0. The van der Waals surface area contributed by atoms with E-state index in [4.69, 9.17) is 37.7 Å². The number of benzene rings is 1. The van der Waals surface area contributed by atoms with Crippen molar-refractivity contribution in [3.8, 4) is 0 Å². The van der Waals surface area contributed by atoms with E-state index in [-0.39, 0.29) is 34.7 Å². The van der Waals surface area contributed by atoms with Gasteiger partial charge >= 0.3 is 29.8 Å². The molecule has 1 saturated heterocycles. The zero-order valence-corrected chi connectivity index (χ0v) is 47.8. The molecule has 0 amide bonds. The fourth-order valence-corrected chi connectivity index (χ4v) is 14.3. The van der Waals surface area contributed by atoms with Gasteiger partial charge in [0.2, 0.25) is 6.10 Å². The highest BCUT2D eigenvalue weighted by molar-refractivity contribution is 8.23. The average molecular weight is 1070 g/mol. The highest BCUT2D eigenvalue weighted by Gasteiger charge is 2.60. The topological polar surface area (TPSA) is 156 Å². The summed E-state index contributed by atoms with van der Waals surface area (Å²) in [4.78, 5) is 61.5. The Bertz CT molecular complexity index is 2300. The monoisotopic (exact) mass is 1070 g/mol. The van der Waals surface area contributed by atoms with Gasteiger partial charge in [0.25, 0.3) is 5.54 Å². The molecule has 8 bridgehead atoms. The van der Waals surface area contributed by atoms with Crippen LogP contribution in [0.1, 0.15) is 177 Å². The predicted molar refractivity (Wildman–Crippen MR) is 297 cm³/mol. The van der Waals surface area contributed by atoms with Crippen LogP contribution in [-0.4, -0.2) is 79.8 Å². The third-order valence-electron chi connectivity index (χ3n) is 16.6. The number of cyclic esters (lactones) is 1. The lowest BCUT2D eigenvalue weighted by molar-refractivity contribution is -0.217. The quantitative estimate of drug-likeness (QED) is 0.0527. The first-order valence-electron chi connectivity index (χ1n) is 27.3. The molecule has 1 aromatic rings. The maximum atomic E-state index is 12.0. The third-order valence-corrected chi connectivity index (χ3v) is 18.6. The van der Waals surface area contributed by atoms with Crippen LogP contribution in [0, 0.1) is 42.1 Å². The lowest BCUT2D eigenvalue weighted by atomic mass is 9.49. The second-order valence-corrected chi connectivity index (χ2v) is 25.3. The van der Waals surface area contributed by atoms with Crippen molar-refractivity contribution in [1.82, 2.24) is 0 Å². The average Bonchev–Trinajstić information content (AvgIpc) is 3.75. The molecular weight excluding hydrogens is 987 g/mol. The molecule has 0 radical (unpaired) electrons. The van der Waals surface area contributed by atoms with Crippen molar-refractivity contribution in [1.29, 1.82) is 0 Å². The van der Waals surface area contributed by atoms with Crippen molar-refractivity contribution in [2.75, 3.05) is 6.61 Å². The molecule has 10 aliphatic rings. The number of hydrogen-bond donors (Lipinski definition) is 1. The van der Waals surface area contributed by atoms with E-state index in [0.29, 0.717) is 59.8 Å². The van der Waals surface area contributed by atoms with Crippen molar-refractivity contribution in [3.63, 3.8) is 0 Å². The second-order valence-electron chi connectivity index (χ2n) is 23.6. The fraction of sp³-hybridized carbons (Fsp3) is 0.656. The molecule has 9 saturated carbocycles. The lowest BCUT2D eigenvalue weighted by Gasteiger charge is -2.60. The molecule has 0 aromatic heterocycles. The minimum absolute atomic E-state index is 0.163. The number of aliphatic hydroxyl groups is 1. The molecule has 1 aromatic carbocycles. The number of carbonyl (C=O) groups is 5. The van der Waals surface area contributed by atoms with Gasteiger partial charge in [0.1, 0.15) is 21.0 Å². The Labute approximate surface area is 457 Å². The van der Waals surface area contributed by atoms with Gasteiger partial charge in [-0.15, -0.1) is 0 Å². The molecule has 14 heteroatoms. The SMILES string of the molecule is C=C(C)C(=O)OC1(CC)C2CC3CC(C2)CC1C3.C=C(C)C(=O)OC1(CC)CCCCC1.C=C(C)C(=O)OC12CC3CC(CC(O)(C3)C1)C2.C=C(C)C(=O)OC1CCOC1=O.[C-]#[N+]C(C)(C)C(=S)Sc1ccccc1. The molecule has 412 valence electrons. The number of ether oxygens (including phenoxy) is 5. The molecule has 1 N–H and O–H groups in total. The summed E-state index contributed by atoms with van der Waals surface area (Å²) in [6.07, 6.45) is 19.3. The smallest absolute Gasteiger partial charge is 0.347 e. The van der Waals surface area contributed by atoms with E-state index >= 15 is 0 Å². The zero-order valence-electron chi connectivity index (χ0n) is 46.2. The first-order chi connectivity index (χ1) is 35.2. The summed E-state index contributed by atoms with van der Waals surface area (Å²) in [5.74, 6) is 2.42. The van der Waals surface area contributed by atoms with Crippen molar-refractivity contribution in [2.45, 2.75) is 216 Å². The Balaban J connectivity index is 0.000000175. The highest BCUT2D eigenvalue weighted by Crippen LogP contribution is 2.61. The lowest BCUT2D eigenvalue weighted by Crippen LogP contribution is -2.60. The first-order valence-corrected chi connectivity index (χ1v) is 28.5. The van der Waals surface area contributed by atoms with Crippen molar-refractivity contribution >= 4 is 58.0 Å². The van der Waals surface area contributed by atoms with Crippen molar-refractivity contribution in [3.05, 3.63) is 90.4 Å². The second kappa shape index (κ2) is 26.2. The molecule has 10 fully saturated rings. The molecule has 75 heavy (non-hydrogen) atoms. The molecule has 1 aliphatic heterocycles. The van der Waals surface area contributed by atoms with E-state index in [2.05, 4.69) is 49.7 Å². The minimum Gasteiger partial charge on any atom is -0.463 e. The van der Waals surface area contributed by atoms with Gasteiger partial charge in [-0.25, -0.2) is 30.5 Å². The summed E-state index contributed by atoms with van der Waals surface area (Å²) in [7, 11) is 0. The number of thiocarbonyl (C=S) groups is 1. The normalized spacial score (nSPS) is 30.7. The van der Waals surface area contributed by atoms with Gasteiger partial charge in [0.05, 0.1) is 12.2 Å². The van der Waals surface area contributed by atoms with E-state index in [0.717, 1.165) is 72.3 Å². The molecular formula is C61H85NO11S2. The third kappa shape index (κ3) is 16.2. The van der Waals surface area contributed by atoms with Gasteiger partial charge in [-0.1, -0.05) is 88.8 Å². The van der Waals surface area contributed by atoms with Gasteiger partial charge in [-0.2, -0.15) is 0 Å². The van der Waals surface area contributed by atoms with E-state index < -0.39 is 34.8 Å². The van der Waals surface area contributed by atoms with Crippen molar-refractivity contribution in [2.24, 2.45) is 35.5 Å². The maximum Gasteiger partial charge on any atom is 0.347 e. The van der Waals surface area contributed by atoms with Gasteiger partial charge in [-0.05, 0) is 178 Å². The molecule has 3 unspecified atom stereocenters. The summed E-state index contributed by atoms with van der Waals surface area (Å²) in [6.45, 7) is 36.4. The van der Waals surface area contributed by atoms with Gasteiger partial charge < -0.3 is 33.6 Å². The Hall–Kier alpha value is -4.58. The van der Waals surface area contributed by atoms with Crippen LogP contribution in [0.15, 0.2) is 83.8 Å². The van der Waals surface area contributed by atoms with Gasteiger partial charge in [0, 0.05) is 53.9 Å². The Kier molecular flexibility index (Phi) is 21.4. The predicted octanol–water partition coefficient (Wildman–Crippen LogP) is 13.3. The molecule has 1 heterocycles. The van der Waals surface area contributed by atoms with Crippen LogP contribution in [0.2, 0.25) is 0 Å². The van der Waals surface area contributed by atoms with Crippen LogP contribution in [0.3, 0.4) is 0 Å². The summed E-state index contributed by atoms with van der Waals surface area (Å²) in [5.41, 5.74) is -0.0931. The Morgan fingerprint density at radius 1 is 0.733 bits per heavy atom. The van der Waals surface area contributed by atoms with Crippen LogP contribution in [-0.2, 0) is 47.7 Å². The highest BCUT2D eigenvalue weighted by atomic mass is 32.2. The van der Waals surface area contributed by atoms with Gasteiger partial charge in [0.15, 0.2) is 0 Å². The van der Waals surface area contributed by atoms with Gasteiger partial charge in [-0.3, -0.25) is 0 Å².